The van der Waals surface area contributed by atoms with Gasteiger partial charge in [-0.25, -0.2) is 8.78 Å². The molecule has 3 aliphatic rings. The number of halogens is 2. The third-order valence-corrected chi connectivity index (χ3v) is 9.98. The average Bonchev–Trinajstić information content (AvgIpc) is 3.47. The number of aryl methyl sites for hydroxylation is 2. The summed E-state index contributed by atoms with van der Waals surface area (Å²) in [6.45, 7) is 5.23. The van der Waals surface area contributed by atoms with Gasteiger partial charge in [-0.1, -0.05) is 0 Å². The first-order valence-corrected chi connectivity index (χ1v) is 15.1. The van der Waals surface area contributed by atoms with E-state index in [1.165, 1.54) is 0 Å². The molecule has 0 radical (unpaired) electrons. The van der Waals surface area contributed by atoms with Crippen molar-refractivity contribution >= 4 is 28.2 Å². The van der Waals surface area contributed by atoms with E-state index in [-0.39, 0.29) is 17.5 Å². The predicted octanol–water partition coefficient (Wildman–Crippen LogP) is 4.60. The predicted molar refractivity (Wildman–Crippen MR) is 147 cm³/mol. The summed E-state index contributed by atoms with van der Waals surface area (Å²) in [5.41, 5.74) is 5.98. The highest BCUT2D eigenvalue weighted by atomic mass is 32.2. The highest BCUT2D eigenvalue weighted by molar-refractivity contribution is 7.85. The van der Waals surface area contributed by atoms with E-state index in [2.05, 4.69) is 14.7 Å². The van der Waals surface area contributed by atoms with Crippen molar-refractivity contribution in [2.75, 3.05) is 29.5 Å². The van der Waals surface area contributed by atoms with E-state index in [0.717, 1.165) is 65.3 Å². The molecule has 5 heterocycles. The fourth-order valence-electron chi connectivity index (χ4n) is 6.29. The van der Waals surface area contributed by atoms with Crippen LogP contribution in [0.3, 0.4) is 0 Å². The van der Waals surface area contributed by atoms with E-state index in [1.807, 2.05) is 24.9 Å². The molecular weight excluding hydrogens is 522 g/mol. The maximum absolute atomic E-state index is 14.5. The van der Waals surface area contributed by atoms with Gasteiger partial charge in [-0.3, -0.25) is 18.4 Å². The number of anilines is 2. The molecule has 1 amide bonds. The minimum absolute atomic E-state index is 0.00910. The van der Waals surface area contributed by atoms with Gasteiger partial charge in [-0.2, -0.15) is 10.2 Å². The van der Waals surface area contributed by atoms with Gasteiger partial charge in [-0.05, 0) is 55.9 Å². The third-order valence-electron chi connectivity index (χ3n) is 8.60. The summed E-state index contributed by atoms with van der Waals surface area (Å²) in [6, 6.07) is 3.71. The molecule has 1 saturated heterocycles. The van der Waals surface area contributed by atoms with E-state index in [9.17, 15) is 17.8 Å². The van der Waals surface area contributed by atoms with E-state index >= 15 is 0 Å². The molecule has 0 atom stereocenters. The summed E-state index contributed by atoms with van der Waals surface area (Å²) < 4.78 is 44.9. The number of benzene rings is 1. The number of carbonyl (C=O) groups excluding carboxylic acids is 1. The molecule has 0 N–H and O–H groups in total. The lowest BCUT2D eigenvalue weighted by Crippen LogP contribution is -2.36. The Labute approximate surface area is 229 Å². The molecule has 0 aliphatic carbocycles. The van der Waals surface area contributed by atoms with Gasteiger partial charge >= 0.3 is 0 Å². The summed E-state index contributed by atoms with van der Waals surface area (Å²) in [4.78, 5) is 16.2. The van der Waals surface area contributed by atoms with Crippen LogP contribution in [0.5, 0.6) is 0 Å². The van der Waals surface area contributed by atoms with Crippen molar-refractivity contribution in [2.45, 2.75) is 65.0 Å². The van der Waals surface area contributed by atoms with Crippen LogP contribution in [0.1, 0.15) is 66.7 Å². The molecule has 8 nitrogen and oxygen atoms in total. The van der Waals surface area contributed by atoms with Crippen LogP contribution < -0.4 is 4.90 Å². The molecule has 1 aromatic carbocycles. The minimum atomic E-state index is -2.64. The topological polar surface area (TPSA) is 76.3 Å². The normalized spacial score (nSPS) is 21.3. The van der Waals surface area contributed by atoms with Gasteiger partial charge in [0.2, 0.25) is 5.91 Å². The summed E-state index contributed by atoms with van der Waals surface area (Å²) >= 11 is 0. The summed E-state index contributed by atoms with van der Waals surface area (Å²) in [7, 11) is 1.03. The summed E-state index contributed by atoms with van der Waals surface area (Å²) in [5, 5.41) is 9.42. The van der Waals surface area contributed by atoms with Crippen molar-refractivity contribution in [2.24, 2.45) is 7.05 Å². The van der Waals surface area contributed by atoms with E-state index < -0.39 is 17.2 Å². The van der Waals surface area contributed by atoms with Crippen LogP contribution in [0, 0.1) is 6.92 Å². The van der Waals surface area contributed by atoms with Crippen LogP contribution in [-0.4, -0.2) is 59.2 Å². The monoisotopic (exact) mass is 556 g/mol. The van der Waals surface area contributed by atoms with Crippen LogP contribution in [0.4, 0.5) is 20.3 Å². The molecule has 1 fully saturated rings. The SMILES string of the molecule is CC(=O)N1CCc2c(c(N3CCCc4cc(-c5cnn(C)c5C)c(C(F)F)cc43)nn2C2CCS(=O)CC2)C1. The van der Waals surface area contributed by atoms with Gasteiger partial charge < -0.3 is 9.80 Å². The largest absolute Gasteiger partial charge is 0.338 e. The number of fused-ring (bicyclic) bond motifs is 2. The van der Waals surface area contributed by atoms with Crippen molar-refractivity contribution < 1.29 is 17.8 Å². The number of nitrogens with zero attached hydrogens (tertiary/aromatic N) is 6. The van der Waals surface area contributed by atoms with Crippen molar-refractivity contribution in [1.29, 1.82) is 0 Å². The number of alkyl halides is 2. The van der Waals surface area contributed by atoms with E-state index in [4.69, 9.17) is 5.10 Å². The second-order valence-corrected chi connectivity index (χ2v) is 12.6. The fourth-order valence-corrected chi connectivity index (χ4v) is 7.56. The van der Waals surface area contributed by atoms with E-state index in [1.54, 1.807) is 23.9 Å². The van der Waals surface area contributed by atoms with Crippen molar-refractivity contribution in [3.8, 4) is 11.1 Å². The molecule has 0 unspecified atom stereocenters. The van der Waals surface area contributed by atoms with Gasteiger partial charge in [0.05, 0.1) is 18.8 Å². The molecule has 3 aliphatic heterocycles. The molecule has 39 heavy (non-hydrogen) atoms. The maximum atomic E-state index is 14.5. The van der Waals surface area contributed by atoms with Crippen LogP contribution >= 0.6 is 0 Å². The maximum Gasteiger partial charge on any atom is 0.264 e. The van der Waals surface area contributed by atoms with Gasteiger partial charge in [0.25, 0.3) is 6.43 Å². The average molecular weight is 557 g/mol. The Kier molecular flexibility index (Phi) is 6.81. The third kappa shape index (κ3) is 4.58. The standard InChI is InChI=1S/C28H34F2N6O2S/c1-17-23(15-31-33(17)3)21-13-19-5-4-9-35(26(19)14-22(21)27(29)30)28-24-16-34(18(2)37)10-6-25(24)36(32-28)20-7-11-39(38)12-8-20/h13-15,20,27H,4-12,16H2,1-3H3. The number of hydrogen-bond donors (Lipinski definition) is 0. The second-order valence-electron chi connectivity index (χ2n) is 10.9. The summed E-state index contributed by atoms with van der Waals surface area (Å²) in [5.74, 6) is 2.10. The Bertz CT molecular complexity index is 1450. The zero-order valence-corrected chi connectivity index (χ0v) is 23.4. The first-order valence-electron chi connectivity index (χ1n) is 13.6. The Morgan fingerprint density at radius 1 is 1.13 bits per heavy atom. The van der Waals surface area contributed by atoms with Gasteiger partial charge in [0.1, 0.15) is 0 Å². The molecule has 11 heteroatoms. The smallest absolute Gasteiger partial charge is 0.264 e. The zero-order chi connectivity index (χ0) is 27.4. The molecule has 2 aromatic heterocycles. The number of aromatic nitrogens is 4. The van der Waals surface area contributed by atoms with Gasteiger partial charge in [0, 0.05) is 89.6 Å². The van der Waals surface area contributed by atoms with Crippen molar-refractivity contribution in [3.63, 3.8) is 0 Å². The van der Waals surface area contributed by atoms with Gasteiger partial charge in [0.15, 0.2) is 5.82 Å². The lowest BCUT2D eigenvalue weighted by Gasteiger charge is -2.33. The first kappa shape index (κ1) is 26.2. The molecule has 208 valence electrons. The van der Waals surface area contributed by atoms with Crippen molar-refractivity contribution in [3.05, 3.63) is 46.4 Å². The summed E-state index contributed by atoms with van der Waals surface area (Å²) in [6.07, 6.45) is 2.98. The Morgan fingerprint density at radius 2 is 1.90 bits per heavy atom. The molecule has 3 aromatic rings. The molecule has 0 spiro atoms. The number of hydrogen-bond acceptors (Lipinski definition) is 5. The van der Waals surface area contributed by atoms with Crippen LogP contribution in [0.15, 0.2) is 18.3 Å². The quantitative estimate of drug-likeness (QED) is 0.470. The Hall–Kier alpha value is -3.08. The molecule has 6 rings (SSSR count). The second kappa shape index (κ2) is 10.1. The Balaban J connectivity index is 1.47. The fraction of sp³-hybridized carbons (Fsp3) is 0.536. The van der Waals surface area contributed by atoms with Crippen LogP contribution in [0.2, 0.25) is 0 Å². The highest BCUT2D eigenvalue weighted by Crippen LogP contribution is 2.44. The molecule has 0 saturated carbocycles. The number of amides is 1. The number of carbonyl (C=O) groups is 1. The zero-order valence-electron chi connectivity index (χ0n) is 22.6. The molecular formula is C28H34F2N6O2S. The van der Waals surface area contributed by atoms with E-state index in [0.29, 0.717) is 43.1 Å². The van der Waals surface area contributed by atoms with Crippen LogP contribution in [-0.2, 0) is 42.0 Å². The molecule has 0 bridgehead atoms. The minimum Gasteiger partial charge on any atom is -0.338 e. The first-order chi connectivity index (χ1) is 18.7. The number of rotatable bonds is 4. The lowest BCUT2D eigenvalue weighted by molar-refractivity contribution is -0.129. The highest BCUT2D eigenvalue weighted by Gasteiger charge is 2.34. The lowest BCUT2D eigenvalue weighted by atomic mass is 9.92. The van der Waals surface area contributed by atoms with Gasteiger partial charge in [-0.15, -0.1) is 0 Å². The van der Waals surface area contributed by atoms with Crippen molar-refractivity contribution in [1.82, 2.24) is 24.5 Å². The van der Waals surface area contributed by atoms with Crippen LogP contribution in [0.25, 0.3) is 11.1 Å². The Morgan fingerprint density at radius 3 is 2.56 bits per heavy atom.